The molecule has 164 valence electrons. The summed E-state index contributed by atoms with van der Waals surface area (Å²) in [6.45, 7) is 7.26. The van der Waals surface area contributed by atoms with Crippen LogP contribution in [0.15, 0.2) is 12.3 Å². The second-order valence-electron chi connectivity index (χ2n) is 8.26. The van der Waals surface area contributed by atoms with Crippen molar-refractivity contribution in [2.75, 3.05) is 32.0 Å². The molecule has 0 amide bonds. The maximum Gasteiger partial charge on any atom is 0.420 e. The fraction of sp³-hybridized carbons (Fsp3) is 0.650. The number of nitrogen functional groups attached to an aromatic ring is 1. The fourth-order valence-corrected chi connectivity index (χ4v) is 4.54. The number of hydrogen-bond acceptors (Lipinski definition) is 6. The fourth-order valence-electron chi connectivity index (χ4n) is 4.54. The summed E-state index contributed by atoms with van der Waals surface area (Å²) in [5.41, 5.74) is 4.46. The van der Waals surface area contributed by atoms with E-state index in [0.29, 0.717) is 6.04 Å². The molecule has 0 aromatic carbocycles. The van der Waals surface area contributed by atoms with Gasteiger partial charge < -0.3 is 10.5 Å². The molecule has 0 unspecified atom stereocenters. The second kappa shape index (κ2) is 8.14. The first-order chi connectivity index (χ1) is 14.3. The zero-order valence-corrected chi connectivity index (χ0v) is 17.2. The van der Waals surface area contributed by atoms with E-state index >= 15 is 0 Å². The number of morpholine rings is 1. The number of halogens is 3. The molecule has 10 heteroatoms. The predicted octanol–water partition coefficient (Wildman–Crippen LogP) is 3.49. The molecule has 1 aliphatic heterocycles. The Kier molecular flexibility index (Phi) is 5.71. The topological polar surface area (TPSA) is 82.1 Å². The molecule has 7 nitrogen and oxygen atoms in total. The number of ether oxygens (including phenoxy) is 1. The summed E-state index contributed by atoms with van der Waals surface area (Å²) < 4.78 is 48.1. The minimum absolute atomic E-state index is 0.0165. The van der Waals surface area contributed by atoms with Gasteiger partial charge in [-0.25, -0.2) is 14.6 Å². The van der Waals surface area contributed by atoms with Gasteiger partial charge in [-0.1, -0.05) is 0 Å². The third kappa shape index (κ3) is 4.02. The van der Waals surface area contributed by atoms with Crippen molar-refractivity contribution in [1.82, 2.24) is 24.6 Å². The number of nitrogens with zero attached hydrogens (tertiary/aromatic N) is 5. The van der Waals surface area contributed by atoms with Gasteiger partial charge in [0.2, 0.25) is 0 Å². The third-order valence-corrected chi connectivity index (χ3v) is 5.98. The standard InChI is InChI=1S/C20H27F3N6O/c1-12(2)29-19(13-3-4-14(11-13)28-7-9-30-10-8-28)26-18(27-29)15-5-6-25-17(24)16(15)20(21,22)23/h5-6,12-14H,3-4,7-11H2,1-2H3,(H2,24,25)/t13-,14+/m1/s1. The highest BCUT2D eigenvalue weighted by molar-refractivity contribution is 5.66. The number of rotatable bonds is 4. The van der Waals surface area contributed by atoms with Crippen LogP contribution in [0.25, 0.3) is 11.4 Å². The molecule has 1 saturated carbocycles. The number of alkyl halides is 3. The molecule has 4 rings (SSSR count). The molecule has 0 radical (unpaired) electrons. The van der Waals surface area contributed by atoms with E-state index in [0.717, 1.165) is 51.4 Å². The first kappa shape index (κ1) is 21.0. The Bertz CT molecular complexity index is 891. The van der Waals surface area contributed by atoms with Crippen molar-refractivity contribution >= 4 is 5.82 Å². The molecule has 1 aliphatic carbocycles. The number of hydrogen-bond donors (Lipinski definition) is 1. The Morgan fingerprint density at radius 1 is 1.20 bits per heavy atom. The van der Waals surface area contributed by atoms with Gasteiger partial charge in [0.25, 0.3) is 0 Å². The van der Waals surface area contributed by atoms with Crippen LogP contribution in [0.3, 0.4) is 0 Å². The Morgan fingerprint density at radius 2 is 1.93 bits per heavy atom. The summed E-state index contributed by atoms with van der Waals surface area (Å²) >= 11 is 0. The molecular weight excluding hydrogens is 397 g/mol. The lowest BCUT2D eigenvalue weighted by Gasteiger charge is -2.32. The maximum atomic E-state index is 13.6. The summed E-state index contributed by atoms with van der Waals surface area (Å²) in [5.74, 6) is 0.403. The maximum absolute atomic E-state index is 13.6. The highest BCUT2D eigenvalue weighted by atomic mass is 19.4. The van der Waals surface area contributed by atoms with Crippen LogP contribution in [-0.2, 0) is 10.9 Å². The minimum Gasteiger partial charge on any atom is -0.383 e. The number of pyridine rings is 1. The number of nitrogens with two attached hydrogens (primary N) is 1. The molecule has 2 fully saturated rings. The van der Waals surface area contributed by atoms with Crippen LogP contribution < -0.4 is 5.73 Å². The molecule has 2 aromatic heterocycles. The van der Waals surface area contributed by atoms with Crippen molar-refractivity contribution in [3.05, 3.63) is 23.7 Å². The number of aromatic nitrogens is 4. The molecule has 30 heavy (non-hydrogen) atoms. The van der Waals surface area contributed by atoms with Crippen LogP contribution in [0.2, 0.25) is 0 Å². The first-order valence-electron chi connectivity index (χ1n) is 10.4. The van der Waals surface area contributed by atoms with E-state index < -0.39 is 17.6 Å². The lowest BCUT2D eigenvalue weighted by Crippen LogP contribution is -2.42. The van der Waals surface area contributed by atoms with Gasteiger partial charge in [0.1, 0.15) is 17.2 Å². The van der Waals surface area contributed by atoms with Crippen LogP contribution in [0.1, 0.15) is 56.5 Å². The van der Waals surface area contributed by atoms with Gasteiger partial charge >= 0.3 is 6.18 Å². The third-order valence-electron chi connectivity index (χ3n) is 5.98. The van der Waals surface area contributed by atoms with E-state index in [-0.39, 0.29) is 23.3 Å². The van der Waals surface area contributed by atoms with Crippen LogP contribution in [0.4, 0.5) is 19.0 Å². The molecule has 0 bridgehead atoms. The Balaban J connectivity index is 1.67. The Hall–Kier alpha value is -2.20. The van der Waals surface area contributed by atoms with E-state index in [2.05, 4.69) is 20.0 Å². The summed E-state index contributed by atoms with van der Waals surface area (Å²) in [6, 6.07) is 1.72. The summed E-state index contributed by atoms with van der Waals surface area (Å²) in [5, 5.41) is 4.47. The summed E-state index contributed by atoms with van der Waals surface area (Å²) in [7, 11) is 0. The van der Waals surface area contributed by atoms with Crippen molar-refractivity contribution in [2.24, 2.45) is 0 Å². The van der Waals surface area contributed by atoms with Crippen LogP contribution in [-0.4, -0.2) is 57.0 Å². The molecular formula is C20H27F3N6O. The average molecular weight is 424 g/mol. The van der Waals surface area contributed by atoms with E-state index in [1.165, 1.54) is 12.3 Å². The SMILES string of the molecule is CC(C)n1nc(-c2ccnc(N)c2C(F)(F)F)nc1[C@@H]1CC[C@H](N2CCOCC2)C1. The zero-order chi connectivity index (χ0) is 21.5. The number of anilines is 1. The van der Waals surface area contributed by atoms with Crippen LogP contribution >= 0.6 is 0 Å². The molecule has 2 atom stereocenters. The van der Waals surface area contributed by atoms with Crippen LogP contribution in [0, 0.1) is 0 Å². The van der Waals surface area contributed by atoms with E-state index in [9.17, 15) is 13.2 Å². The van der Waals surface area contributed by atoms with E-state index in [4.69, 9.17) is 10.5 Å². The molecule has 2 N–H and O–H groups in total. The van der Waals surface area contributed by atoms with Gasteiger partial charge in [0, 0.05) is 42.9 Å². The van der Waals surface area contributed by atoms with Crippen molar-refractivity contribution in [3.8, 4) is 11.4 Å². The molecule has 0 spiro atoms. The average Bonchev–Trinajstić information content (AvgIpc) is 3.35. The lowest BCUT2D eigenvalue weighted by molar-refractivity contribution is -0.136. The van der Waals surface area contributed by atoms with Gasteiger partial charge in [0.05, 0.1) is 13.2 Å². The van der Waals surface area contributed by atoms with Gasteiger partial charge in [-0.3, -0.25) is 4.90 Å². The normalized spacial score (nSPS) is 23.4. The van der Waals surface area contributed by atoms with Gasteiger partial charge in [0.15, 0.2) is 5.82 Å². The van der Waals surface area contributed by atoms with Crippen molar-refractivity contribution in [1.29, 1.82) is 0 Å². The summed E-state index contributed by atoms with van der Waals surface area (Å²) in [6.07, 6.45) is -0.459. The monoisotopic (exact) mass is 424 g/mol. The molecule has 1 saturated heterocycles. The van der Waals surface area contributed by atoms with Gasteiger partial charge in [-0.2, -0.15) is 18.3 Å². The van der Waals surface area contributed by atoms with Crippen molar-refractivity contribution < 1.29 is 17.9 Å². The lowest BCUT2D eigenvalue weighted by atomic mass is 10.1. The first-order valence-corrected chi connectivity index (χ1v) is 10.4. The highest BCUT2D eigenvalue weighted by Crippen LogP contribution is 2.41. The largest absolute Gasteiger partial charge is 0.420 e. The van der Waals surface area contributed by atoms with Gasteiger partial charge in [-0.15, -0.1) is 0 Å². The Morgan fingerprint density at radius 3 is 2.60 bits per heavy atom. The Labute approximate surface area is 173 Å². The van der Waals surface area contributed by atoms with Crippen LogP contribution in [0.5, 0.6) is 0 Å². The molecule has 3 heterocycles. The highest BCUT2D eigenvalue weighted by Gasteiger charge is 2.39. The molecule has 2 aliphatic rings. The zero-order valence-electron chi connectivity index (χ0n) is 17.2. The second-order valence-corrected chi connectivity index (χ2v) is 8.26. The minimum atomic E-state index is -4.63. The summed E-state index contributed by atoms with van der Waals surface area (Å²) in [4.78, 5) is 10.7. The van der Waals surface area contributed by atoms with E-state index in [1.54, 1.807) is 4.68 Å². The van der Waals surface area contributed by atoms with Crippen molar-refractivity contribution in [2.45, 2.75) is 57.3 Å². The predicted molar refractivity (Wildman–Crippen MR) is 106 cm³/mol. The smallest absolute Gasteiger partial charge is 0.383 e. The van der Waals surface area contributed by atoms with E-state index in [1.807, 2.05) is 13.8 Å². The van der Waals surface area contributed by atoms with Crippen molar-refractivity contribution in [3.63, 3.8) is 0 Å². The molecule has 2 aromatic rings. The quantitative estimate of drug-likeness (QED) is 0.809. The van der Waals surface area contributed by atoms with Gasteiger partial charge in [-0.05, 0) is 39.2 Å².